The van der Waals surface area contributed by atoms with Gasteiger partial charge < -0.3 is 15.0 Å². The first-order chi connectivity index (χ1) is 19.4. The molecule has 0 radical (unpaired) electrons. The van der Waals surface area contributed by atoms with Crippen molar-refractivity contribution in [3.8, 4) is 5.75 Å². The van der Waals surface area contributed by atoms with E-state index in [9.17, 15) is 14.4 Å². The van der Waals surface area contributed by atoms with Crippen LogP contribution >= 0.6 is 11.3 Å². The van der Waals surface area contributed by atoms with Gasteiger partial charge in [0.2, 0.25) is 5.91 Å². The van der Waals surface area contributed by atoms with Crippen LogP contribution in [0.2, 0.25) is 0 Å². The van der Waals surface area contributed by atoms with Crippen molar-refractivity contribution < 1.29 is 18.7 Å². The molecule has 3 heterocycles. The van der Waals surface area contributed by atoms with Gasteiger partial charge in [0, 0.05) is 47.8 Å². The summed E-state index contributed by atoms with van der Waals surface area (Å²) in [7, 11) is 0. The highest BCUT2D eigenvalue weighted by Gasteiger charge is 2.40. The number of likely N-dealkylation sites (tertiary alicyclic amines) is 1. The summed E-state index contributed by atoms with van der Waals surface area (Å²) in [4.78, 5) is 43.6. The summed E-state index contributed by atoms with van der Waals surface area (Å²) in [5, 5.41) is 11.0. The van der Waals surface area contributed by atoms with Crippen molar-refractivity contribution in [2.45, 2.75) is 44.8 Å². The van der Waals surface area contributed by atoms with Crippen LogP contribution in [0.4, 0.5) is 4.39 Å². The molecule has 1 saturated heterocycles. The average molecular weight is 562 g/mol. The van der Waals surface area contributed by atoms with E-state index in [-0.39, 0.29) is 34.8 Å². The van der Waals surface area contributed by atoms with Crippen LogP contribution in [0.5, 0.6) is 5.75 Å². The number of fused-ring (bicyclic) bond motifs is 1. The fourth-order valence-corrected chi connectivity index (χ4v) is 6.02. The van der Waals surface area contributed by atoms with Crippen LogP contribution in [0.15, 0.2) is 53.3 Å². The Morgan fingerprint density at radius 3 is 2.75 bits per heavy atom. The van der Waals surface area contributed by atoms with Gasteiger partial charge in [-0.1, -0.05) is 29.5 Å². The number of H-pyrrole nitrogens is 1. The highest BCUT2D eigenvalue weighted by molar-refractivity contribution is 7.08. The molecule has 1 aliphatic carbocycles. The Labute approximate surface area is 233 Å². The van der Waals surface area contributed by atoms with Crippen molar-refractivity contribution >= 4 is 34.1 Å². The molecular weight excluding hydrogens is 533 g/mol. The van der Waals surface area contributed by atoms with Crippen molar-refractivity contribution in [3.63, 3.8) is 0 Å². The number of nitrogens with zero attached hydrogens (tertiary/aromatic N) is 3. The summed E-state index contributed by atoms with van der Waals surface area (Å²) in [6, 6.07) is 13.5. The second kappa shape index (κ2) is 10.8. The lowest BCUT2D eigenvalue weighted by Gasteiger charge is -2.38. The maximum atomic E-state index is 15.1. The lowest BCUT2D eigenvalue weighted by Crippen LogP contribution is -2.51. The highest BCUT2D eigenvalue weighted by Crippen LogP contribution is 2.35. The number of piperidine rings is 1. The number of aryl methyl sites for hydroxylation is 1. The van der Waals surface area contributed by atoms with E-state index in [1.54, 1.807) is 11.0 Å². The van der Waals surface area contributed by atoms with E-state index in [0.717, 1.165) is 46.3 Å². The van der Waals surface area contributed by atoms with Gasteiger partial charge in [0.25, 0.3) is 5.91 Å². The Kier molecular flexibility index (Phi) is 7.05. The number of aromatic nitrogens is 3. The van der Waals surface area contributed by atoms with Gasteiger partial charge in [-0.15, -0.1) is 0 Å². The number of nitrogens with one attached hydrogen (secondary N) is 2. The lowest BCUT2D eigenvalue weighted by atomic mass is 9.91. The predicted molar refractivity (Wildman–Crippen MR) is 148 cm³/mol. The Balaban J connectivity index is 1.15. The maximum absolute atomic E-state index is 15.1. The first-order valence-electron chi connectivity index (χ1n) is 13.3. The fraction of sp³-hybridized carbons (Fsp3) is 0.345. The van der Waals surface area contributed by atoms with Crippen molar-refractivity contribution in [1.29, 1.82) is 0 Å². The normalized spacial score (nSPS) is 19.0. The van der Waals surface area contributed by atoms with Crippen molar-refractivity contribution in [2.75, 3.05) is 13.1 Å². The number of aromatic amines is 1. The van der Waals surface area contributed by atoms with Crippen molar-refractivity contribution in [2.24, 2.45) is 5.92 Å². The summed E-state index contributed by atoms with van der Waals surface area (Å²) < 4.78 is 21.0. The number of benzene rings is 2. The third kappa shape index (κ3) is 5.46. The van der Waals surface area contributed by atoms with Gasteiger partial charge in [-0.2, -0.15) is 5.10 Å². The number of halogens is 1. The van der Waals surface area contributed by atoms with Gasteiger partial charge >= 0.3 is 4.87 Å². The van der Waals surface area contributed by atoms with Crippen LogP contribution in [-0.4, -0.2) is 51.0 Å². The molecule has 2 N–H and O–H groups in total. The summed E-state index contributed by atoms with van der Waals surface area (Å²) >= 11 is 0.963. The number of para-hydroxylation sites is 1. The van der Waals surface area contributed by atoms with Crippen LogP contribution in [-0.2, 0) is 11.4 Å². The molecule has 2 aromatic carbocycles. The smallest absolute Gasteiger partial charge is 0.322 e. The molecule has 4 aromatic rings. The molecule has 9 nitrogen and oxygen atoms in total. The summed E-state index contributed by atoms with van der Waals surface area (Å²) in [5.74, 6) is -1.16. The molecule has 2 aromatic heterocycles. The Morgan fingerprint density at radius 2 is 2.00 bits per heavy atom. The lowest BCUT2D eigenvalue weighted by molar-refractivity contribution is -0.134. The largest absolute Gasteiger partial charge is 0.489 e. The molecule has 1 aliphatic heterocycles. The molecule has 11 heteroatoms. The molecule has 0 spiro atoms. The van der Waals surface area contributed by atoms with Gasteiger partial charge in [0.05, 0.1) is 17.0 Å². The van der Waals surface area contributed by atoms with Gasteiger partial charge in [-0.25, -0.2) is 9.49 Å². The first-order valence-corrected chi connectivity index (χ1v) is 14.1. The number of amides is 2. The van der Waals surface area contributed by atoms with Crippen LogP contribution < -0.4 is 14.9 Å². The van der Waals surface area contributed by atoms with Crippen LogP contribution in [0, 0.1) is 18.7 Å². The number of rotatable bonds is 7. The molecule has 40 heavy (non-hydrogen) atoms. The SMILES string of the molecule is Cc1cc(COc2ccc(C(=O)N[C@@H]3CCN(C(=O)C4CC4)C[C@@H]3c3n[nH]c(=O)s3)c(F)c2)c2ccccc2n1. The molecule has 2 atom stereocenters. The molecule has 206 valence electrons. The number of pyridine rings is 1. The van der Waals surface area contributed by atoms with Crippen LogP contribution in [0.3, 0.4) is 0 Å². The topological polar surface area (TPSA) is 117 Å². The molecule has 0 unspecified atom stereocenters. The third-order valence-corrected chi connectivity index (χ3v) is 8.33. The number of carbonyl (C=O) groups is 2. The maximum Gasteiger partial charge on any atom is 0.322 e. The predicted octanol–water partition coefficient (Wildman–Crippen LogP) is 3.93. The zero-order chi connectivity index (χ0) is 27.8. The van der Waals surface area contributed by atoms with Crippen LogP contribution in [0.1, 0.15) is 51.8 Å². The Hall–Kier alpha value is -4.12. The van der Waals surface area contributed by atoms with E-state index >= 15 is 4.39 Å². The number of carbonyl (C=O) groups excluding carboxylic acids is 2. The van der Waals surface area contributed by atoms with Gasteiger partial charge in [-0.05, 0) is 50.5 Å². The van der Waals surface area contributed by atoms with Crippen LogP contribution in [0.25, 0.3) is 10.9 Å². The molecule has 6 rings (SSSR count). The number of hydrogen-bond acceptors (Lipinski definition) is 7. The molecule has 2 aliphatic rings. The fourth-order valence-electron chi connectivity index (χ4n) is 5.25. The minimum absolute atomic E-state index is 0.0702. The summed E-state index contributed by atoms with van der Waals surface area (Å²) in [6.07, 6.45) is 2.27. The first kappa shape index (κ1) is 26.1. The second-order valence-electron chi connectivity index (χ2n) is 10.4. The van der Waals surface area contributed by atoms with E-state index in [1.807, 2.05) is 37.3 Å². The number of hydrogen-bond donors (Lipinski definition) is 2. The minimum Gasteiger partial charge on any atom is -0.489 e. The minimum atomic E-state index is -0.701. The standard InChI is InChI=1S/C29H28FN5O4S/c1-16-12-18(20-4-2-3-5-24(20)31-16)15-39-19-8-9-21(23(30)13-19)26(36)32-25-10-11-35(28(37)17-6-7-17)14-22(25)27-33-34-29(38)40-27/h2-5,8-9,12-13,17,22,25H,6-7,10-11,14-15H2,1H3,(H,32,36)(H,34,38)/t22-,25+/m0/s1. The quantitative estimate of drug-likeness (QED) is 0.353. The van der Waals surface area contributed by atoms with E-state index in [4.69, 9.17) is 4.74 Å². The third-order valence-electron chi connectivity index (χ3n) is 7.45. The molecule has 1 saturated carbocycles. The molecule has 2 fully saturated rings. The zero-order valence-corrected chi connectivity index (χ0v) is 22.7. The summed E-state index contributed by atoms with van der Waals surface area (Å²) in [6.45, 7) is 2.96. The van der Waals surface area contributed by atoms with Crippen molar-refractivity contribution in [1.82, 2.24) is 25.4 Å². The van der Waals surface area contributed by atoms with Gasteiger partial charge in [0.1, 0.15) is 23.2 Å². The van der Waals surface area contributed by atoms with E-state index in [1.165, 1.54) is 12.1 Å². The van der Waals surface area contributed by atoms with Crippen molar-refractivity contribution in [3.05, 3.63) is 85.8 Å². The van der Waals surface area contributed by atoms with Gasteiger partial charge in [0.15, 0.2) is 0 Å². The van der Waals surface area contributed by atoms with E-state index < -0.39 is 17.8 Å². The van der Waals surface area contributed by atoms with E-state index in [2.05, 4.69) is 20.5 Å². The number of ether oxygens (including phenoxy) is 1. The molecular formula is C29H28FN5O4S. The Morgan fingerprint density at radius 1 is 1.18 bits per heavy atom. The molecule has 2 amide bonds. The molecule has 0 bridgehead atoms. The van der Waals surface area contributed by atoms with Gasteiger partial charge in [-0.3, -0.25) is 19.4 Å². The Bertz CT molecular complexity index is 1650. The average Bonchev–Trinajstić information content (AvgIpc) is 3.71. The second-order valence-corrected chi connectivity index (χ2v) is 11.3. The summed E-state index contributed by atoms with van der Waals surface area (Å²) in [5.41, 5.74) is 2.55. The highest BCUT2D eigenvalue weighted by atomic mass is 32.1. The zero-order valence-electron chi connectivity index (χ0n) is 21.9. The monoisotopic (exact) mass is 561 g/mol. The van der Waals surface area contributed by atoms with E-state index in [0.29, 0.717) is 30.3 Å².